The minimum absolute atomic E-state index is 0.253. The van der Waals surface area contributed by atoms with E-state index in [0.717, 1.165) is 83.7 Å². The van der Waals surface area contributed by atoms with Gasteiger partial charge in [-0.3, -0.25) is 4.79 Å². The van der Waals surface area contributed by atoms with Crippen LogP contribution in [0.15, 0.2) is 18.2 Å². The fourth-order valence-electron chi connectivity index (χ4n) is 6.41. The average Bonchev–Trinajstić information content (AvgIpc) is 3.60. The predicted octanol–water partition coefficient (Wildman–Crippen LogP) is 6.05. The van der Waals surface area contributed by atoms with Gasteiger partial charge in [0.15, 0.2) is 5.11 Å². The maximum Gasteiger partial charge on any atom is 0.417 e. The molecule has 0 unspecified atom stereocenters. The molecule has 3 saturated heterocycles. The van der Waals surface area contributed by atoms with Crippen LogP contribution in [0, 0.1) is 16.7 Å². The van der Waals surface area contributed by atoms with Gasteiger partial charge in [0.25, 0.3) is 0 Å². The summed E-state index contributed by atoms with van der Waals surface area (Å²) in [6.45, 7) is 10.4. The van der Waals surface area contributed by atoms with Crippen LogP contribution in [0.3, 0.4) is 0 Å². The Morgan fingerprint density at radius 2 is 1.65 bits per heavy atom. The number of amides is 1. The molecule has 0 radical (unpaired) electrons. The van der Waals surface area contributed by atoms with Gasteiger partial charge in [-0.15, -0.1) is 0 Å². The normalized spacial score (nSPS) is 21.6. The number of unbranched alkanes of at least 4 members (excludes halogenated alkanes) is 5. The van der Waals surface area contributed by atoms with Crippen molar-refractivity contribution in [1.29, 1.82) is 5.26 Å². The lowest BCUT2D eigenvalue weighted by Gasteiger charge is -2.28. The largest absolute Gasteiger partial charge is 0.417 e. The van der Waals surface area contributed by atoms with Gasteiger partial charge in [0.05, 0.1) is 17.2 Å². The van der Waals surface area contributed by atoms with E-state index in [2.05, 4.69) is 28.5 Å². The van der Waals surface area contributed by atoms with Crippen LogP contribution in [-0.2, 0) is 11.0 Å². The van der Waals surface area contributed by atoms with Crippen LogP contribution in [-0.4, -0.2) is 77.6 Å². The Morgan fingerprint density at radius 1 is 1.00 bits per heavy atom. The summed E-state index contributed by atoms with van der Waals surface area (Å²) in [5.41, 5.74) is -1.18. The molecular formula is C30H42F3N5OS. The molecule has 40 heavy (non-hydrogen) atoms. The average molecular weight is 578 g/mol. The number of likely N-dealkylation sites (tertiary alicyclic amines) is 2. The van der Waals surface area contributed by atoms with E-state index >= 15 is 0 Å². The van der Waals surface area contributed by atoms with Gasteiger partial charge in [-0.05, 0) is 75.6 Å². The molecule has 3 aliphatic rings. The molecule has 6 nitrogen and oxygen atoms in total. The summed E-state index contributed by atoms with van der Waals surface area (Å²) in [6.07, 6.45) is 5.34. The molecule has 0 aromatic heterocycles. The number of hydrogen-bond acceptors (Lipinski definition) is 4. The third-order valence-electron chi connectivity index (χ3n) is 8.61. The summed E-state index contributed by atoms with van der Waals surface area (Å²) in [7, 11) is 0. The van der Waals surface area contributed by atoms with Crippen molar-refractivity contribution in [3.8, 4) is 6.07 Å². The number of carbonyl (C=O) groups is 1. The molecule has 220 valence electrons. The number of halogens is 3. The fraction of sp³-hybridized carbons (Fsp3) is 0.700. The fourth-order valence-corrected chi connectivity index (χ4v) is 6.78. The number of nitriles is 1. The maximum absolute atomic E-state index is 13.4. The molecular weight excluding hydrogens is 535 g/mol. The molecule has 0 spiro atoms. The van der Waals surface area contributed by atoms with Crippen LogP contribution in [0.1, 0.15) is 82.8 Å². The summed E-state index contributed by atoms with van der Waals surface area (Å²) in [6, 6.07) is 5.75. The van der Waals surface area contributed by atoms with E-state index in [1.54, 1.807) is 11.0 Å². The number of anilines is 1. The molecule has 3 aliphatic heterocycles. The molecule has 0 bridgehead atoms. The first kappa shape index (κ1) is 30.6. The number of hydrogen-bond donors (Lipinski definition) is 0. The van der Waals surface area contributed by atoms with Crippen molar-refractivity contribution in [3.05, 3.63) is 29.3 Å². The second kappa shape index (κ2) is 13.1. The highest BCUT2D eigenvalue weighted by Gasteiger charge is 2.45. The van der Waals surface area contributed by atoms with Crippen molar-refractivity contribution in [3.63, 3.8) is 0 Å². The Morgan fingerprint density at radius 3 is 2.30 bits per heavy atom. The summed E-state index contributed by atoms with van der Waals surface area (Å²) in [4.78, 5) is 21.5. The van der Waals surface area contributed by atoms with Gasteiger partial charge in [-0.1, -0.05) is 39.5 Å². The molecule has 0 aliphatic carbocycles. The van der Waals surface area contributed by atoms with Crippen molar-refractivity contribution in [2.24, 2.45) is 5.41 Å². The van der Waals surface area contributed by atoms with Crippen molar-refractivity contribution in [2.75, 3.05) is 50.7 Å². The van der Waals surface area contributed by atoms with Crippen LogP contribution >= 0.6 is 12.2 Å². The standard InChI is InChI=1S/C30H42F3N5OS/c1-29(2)20-25(22-35-13-9-10-14-35)37(27(29)39)16-8-6-4-3-5-7-15-36-17-18-38(28(36)40)24-12-11-23(21-34)26(19-24)30(31,32)33/h11-12,19,25H,3-10,13-18,20,22H2,1-2H3/t25-/m0/s1. The van der Waals surface area contributed by atoms with E-state index < -0.39 is 11.7 Å². The lowest BCUT2D eigenvalue weighted by molar-refractivity contribution is -0.138. The van der Waals surface area contributed by atoms with Gasteiger partial charge < -0.3 is 19.6 Å². The van der Waals surface area contributed by atoms with Gasteiger partial charge >= 0.3 is 6.18 Å². The third kappa shape index (κ3) is 7.27. The Labute approximate surface area is 242 Å². The van der Waals surface area contributed by atoms with Gasteiger partial charge in [-0.2, -0.15) is 18.4 Å². The quantitative estimate of drug-likeness (QED) is 0.223. The molecule has 0 saturated carbocycles. The predicted molar refractivity (Wildman–Crippen MR) is 155 cm³/mol. The zero-order valence-electron chi connectivity index (χ0n) is 23.8. The number of benzene rings is 1. The van der Waals surface area contributed by atoms with Crippen LogP contribution in [0.25, 0.3) is 0 Å². The van der Waals surface area contributed by atoms with Crippen LogP contribution in [0.2, 0.25) is 0 Å². The number of thiocarbonyl (C=S) groups is 1. The van der Waals surface area contributed by atoms with Crippen LogP contribution in [0.5, 0.6) is 0 Å². The molecule has 1 aromatic carbocycles. The Hall–Kier alpha value is -2.38. The Bertz CT molecular complexity index is 1100. The molecule has 1 atom stereocenters. The first-order valence-electron chi connectivity index (χ1n) is 14.7. The highest BCUT2D eigenvalue weighted by Crippen LogP contribution is 2.37. The highest BCUT2D eigenvalue weighted by atomic mass is 32.1. The molecule has 3 fully saturated rings. The zero-order chi connectivity index (χ0) is 28.9. The SMILES string of the molecule is CC1(C)C[C@@H](CN2CCCC2)N(CCCCCCCCN2CCN(c3ccc(C#N)c(C(F)(F)F)c3)C2=S)C1=O. The van der Waals surface area contributed by atoms with E-state index in [0.29, 0.717) is 35.8 Å². The van der Waals surface area contributed by atoms with Gasteiger partial charge in [0.1, 0.15) is 0 Å². The topological polar surface area (TPSA) is 53.8 Å². The summed E-state index contributed by atoms with van der Waals surface area (Å²) in [5, 5.41) is 9.58. The molecule has 4 rings (SSSR count). The van der Waals surface area contributed by atoms with Crippen molar-refractivity contribution < 1.29 is 18.0 Å². The summed E-state index contributed by atoms with van der Waals surface area (Å²) in [5.74, 6) is 0.308. The number of nitrogens with zero attached hydrogens (tertiary/aromatic N) is 5. The van der Waals surface area contributed by atoms with Crippen molar-refractivity contribution in [1.82, 2.24) is 14.7 Å². The minimum atomic E-state index is -4.59. The highest BCUT2D eigenvalue weighted by molar-refractivity contribution is 7.80. The molecule has 1 aromatic rings. The van der Waals surface area contributed by atoms with Gasteiger partial charge in [0, 0.05) is 49.9 Å². The first-order valence-corrected chi connectivity index (χ1v) is 15.1. The molecule has 0 N–H and O–H groups in total. The first-order chi connectivity index (χ1) is 19.0. The van der Waals surface area contributed by atoms with Crippen molar-refractivity contribution >= 4 is 28.9 Å². The molecule has 1 amide bonds. The second-order valence-electron chi connectivity index (χ2n) is 12.1. The monoisotopic (exact) mass is 577 g/mol. The third-order valence-corrected chi connectivity index (χ3v) is 9.09. The summed E-state index contributed by atoms with van der Waals surface area (Å²) >= 11 is 5.58. The van der Waals surface area contributed by atoms with E-state index in [1.165, 1.54) is 25.0 Å². The Balaban J connectivity index is 1.14. The number of rotatable bonds is 12. The number of alkyl halides is 3. The lowest BCUT2D eigenvalue weighted by Crippen LogP contribution is -2.42. The smallest absolute Gasteiger partial charge is 0.347 e. The van der Waals surface area contributed by atoms with E-state index in [-0.39, 0.29) is 11.0 Å². The lowest BCUT2D eigenvalue weighted by atomic mass is 9.90. The van der Waals surface area contributed by atoms with Crippen LogP contribution < -0.4 is 4.90 Å². The van der Waals surface area contributed by atoms with Crippen LogP contribution in [0.4, 0.5) is 18.9 Å². The van der Waals surface area contributed by atoms with E-state index in [1.807, 2.05) is 0 Å². The molecule has 3 heterocycles. The van der Waals surface area contributed by atoms with E-state index in [4.69, 9.17) is 17.5 Å². The van der Waals surface area contributed by atoms with Crippen molar-refractivity contribution in [2.45, 2.75) is 83.9 Å². The Kier molecular flexibility index (Phi) is 9.99. The maximum atomic E-state index is 13.4. The number of carbonyl (C=O) groups excluding carboxylic acids is 1. The summed E-state index contributed by atoms with van der Waals surface area (Å²) < 4.78 is 40.1. The van der Waals surface area contributed by atoms with Gasteiger partial charge in [-0.25, -0.2) is 0 Å². The molecule has 10 heteroatoms. The minimum Gasteiger partial charge on any atom is -0.347 e. The van der Waals surface area contributed by atoms with Gasteiger partial charge in [0.2, 0.25) is 5.91 Å². The van der Waals surface area contributed by atoms with E-state index in [9.17, 15) is 18.0 Å². The zero-order valence-corrected chi connectivity index (χ0v) is 24.6. The second-order valence-corrected chi connectivity index (χ2v) is 12.5.